The molecule has 0 aliphatic carbocycles. The summed E-state index contributed by atoms with van der Waals surface area (Å²) in [6.07, 6.45) is 0. The maximum atomic E-state index is 13.4. The lowest BCUT2D eigenvalue weighted by Gasteiger charge is -2.12. The highest BCUT2D eigenvalue weighted by molar-refractivity contribution is 7.92. The van der Waals surface area contributed by atoms with Gasteiger partial charge in [-0.1, -0.05) is 12.1 Å². The molecule has 0 heterocycles. The molecular formula is C19H21FN2O5S. The number of anilines is 1. The number of benzene rings is 2. The van der Waals surface area contributed by atoms with Crippen LogP contribution in [0.5, 0.6) is 0 Å². The molecular weight excluding hydrogens is 387 g/mol. The predicted molar refractivity (Wildman–Crippen MR) is 102 cm³/mol. The van der Waals surface area contributed by atoms with Gasteiger partial charge in [-0.2, -0.15) is 0 Å². The van der Waals surface area contributed by atoms with Gasteiger partial charge in [0.25, 0.3) is 15.9 Å². The molecule has 2 N–H and O–H groups in total. The van der Waals surface area contributed by atoms with E-state index >= 15 is 0 Å². The molecule has 0 fully saturated rings. The largest absolute Gasteiger partial charge is 0.452 e. The molecule has 2 rings (SSSR count). The minimum Gasteiger partial charge on any atom is -0.452 e. The summed E-state index contributed by atoms with van der Waals surface area (Å²) in [5, 5.41) is 2.58. The van der Waals surface area contributed by atoms with Crippen LogP contribution in [0.15, 0.2) is 47.4 Å². The van der Waals surface area contributed by atoms with Gasteiger partial charge in [0.05, 0.1) is 10.5 Å². The summed E-state index contributed by atoms with van der Waals surface area (Å²) in [4.78, 5) is 23.4. The minimum atomic E-state index is -4.05. The zero-order chi connectivity index (χ0) is 20.9. The molecule has 0 bridgehead atoms. The van der Waals surface area contributed by atoms with E-state index in [1.54, 1.807) is 20.8 Å². The molecule has 0 aromatic heterocycles. The van der Waals surface area contributed by atoms with Gasteiger partial charge >= 0.3 is 5.97 Å². The lowest BCUT2D eigenvalue weighted by atomic mass is 10.2. The van der Waals surface area contributed by atoms with Crippen molar-refractivity contribution in [3.63, 3.8) is 0 Å². The van der Waals surface area contributed by atoms with Crippen molar-refractivity contribution in [1.29, 1.82) is 0 Å². The van der Waals surface area contributed by atoms with Crippen molar-refractivity contribution < 1.29 is 27.1 Å². The van der Waals surface area contributed by atoms with Crippen molar-refractivity contribution in [1.82, 2.24) is 5.32 Å². The van der Waals surface area contributed by atoms with E-state index in [1.165, 1.54) is 36.4 Å². The molecule has 0 saturated carbocycles. The van der Waals surface area contributed by atoms with Crippen LogP contribution in [-0.4, -0.2) is 32.9 Å². The van der Waals surface area contributed by atoms with E-state index in [0.717, 1.165) is 6.07 Å². The molecule has 1 amide bonds. The Kier molecular flexibility index (Phi) is 6.74. The van der Waals surface area contributed by atoms with E-state index in [2.05, 4.69) is 10.0 Å². The third kappa shape index (κ3) is 5.78. The van der Waals surface area contributed by atoms with E-state index in [1.807, 2.05) is 0 Å². The first-order valence-electron chi connectivity index (χ1n) is 8.44. The summed E-state index contributed by atoms with van der Waals surface area (Å²) in [5.74, 6) is -1.90. The molecule has 150 valence electrons. The molecule has 0 aliphatic heterocycles. The van der Waals surface area contributed by atoms with Crippen molar-refractivity contribution in [2.45, 2.75) is 31.7 Å². The van der Waals surface area contributed by atoms with E-state index in [9.17, 15) is 22.4 Å². The number of hydrogen-bond donors (Lipinski definition) is 2. The summed E-state index contributed by atoms with van der Waals surface area (Å²) in [6.45, 7) is 4.64. The van der Waals surface area contributed by atoms with Gasteiger partial charge in [0.2, 0.25) is 0 Å². The maximum absolute atomic E-state index is 13.4. The third-order valence-corrected chi connectivity index (χ3v) is 5.10. The first kappa shape index (κ1) is 21.4. The Morgan fingerprint density at radius 3 is 2.54 bits per heavy atom. The molecule has 0 atom stereocenters. The summed E-state index contributed by atoms with van der Waals surface area (Å²) < 4.78 is 45.7. The Labute approximate surface area is 163 Å². The SMILES string of the molecule is Cc1ccc(F)cc1S(=O)(=O)Nc1cccc(C(=O)OCC(=O)NC(C)C)c1. The quantitative estimate of drug-likeness (QED) is 0.686. The minimum absolute atomic E-state index is 0.0634. The van der Waals surface area contributed by atoms with Crippen LogP contribution in [0.25, 0.3) is 0 Å². The molecule has 2 aromatic rings. The third-order valence-electron chi connectivity index (χ3n) is 3.57. The molecule has 0 radical (unpaired) electrons. The predicted octanol–water partition coefficient (Wildman–Crippen LogP) is 2.62. The normalized spacial score (nSPS) is 11.2. The van der Waals surface area contributed by atoms with Gasteiger partial charge in [-0.3, -0.25) is 9.52 Å². The number of hydrogen-bond acceptors (Lipinski definition) is 5. The zero-order valence-electron chi connectivity index (χ0n) is 15.7. The lowest BCUT2D eigenvalue weighted by molar-refractivity contribution is -0.124. The Morgan fingerprint density at radius 2 is 1.86 bits per heavy atom. The summed E-state index contributed by atoms with van der Waals surface area (Å²) in [7, 11) is -4.05. The van der Waals surface area contributed by atoms with Gasteiger partial charge in [0.1, 0.15) is 5.82 Å². The van der Waals surface area contributed by atoms with Crippen LogP contribution < -0.4 is 10.0 Å². The summed E-state index contributed by atoms with van der Waals surface area (Å²) >= 11 is 0. The molecule has 0 saturated heterocycles. The molecule has 7 nitrogen and oxygen atoms in total. The van der Waals surface area contributed by atoms with Crippen molar-refractivity contribution in [3.8, 4) is 0 Å². The number of carbonyl (C=O) groups excluding carboxylic acids is 2. The number of amides is 1. The first-order chi connectivity index (χ1) is 13.1. The van der Waals surface area contributed by atoms with Gasteiger partial charge in [-0.05, 0) is 56.7 Å². The lowest BCUT2D eigenvalue weighted by Crippen LogP contribution is -2.33. The molecule has 28 heavy (non-hydrogen) atoms. The van der Waals surface area contributed by atoms with Gasteiger partial charge < -0.3 is 10.1 Å². The average Bonchev–Trinajstić information content (AvgIpc) is 2.61. The van der Waals surface area contributed by atoms with Gasteiger partial charge in [0, 0.05) is 11.7 Å². The number of carbonyl (C=O) groups is 2. The number of aryl methyl sites for hydroxylation is 1. The Balaban J connectivity index is 2.13. The van der Waals surface area contributed by atoms with E-state index in [-0.39, 0.29) is 22.2 Å². The highest BCUT2D eigenvalue weighted by atomic mass is 32.2. The number of sulfonamides is 1. The Hall–Kier alpha value is -2.94. The van der Waals surface area contributed by atoms with Gasteiger partial charge in [-0.15, -0.1) is 0 Å². The van der Waals surface area contributed by atoms with Crippen molar-refractivity contribution in [2.24, 2.45) is 0 Å². The fraction of sp³-hybridized carbons (Fsp3) is 0.263. The fourth-order valence-electron chi connectivity index (χ4n) is 2.36. The van der Waals surface area contributed by atoms with Gasteiger partial charge in [0.15, 0.2) is 6.61 Å². The standard InChI is InChI=1S/C19H21FN2O5S/c1-12(2)21-18(23)11-27-19(24)14-5-4-6-16(9-14)22-28(25,26)17-10-15(20)8-7-13(17)3/h4-10,12,22H,11H2,1-3H3,(H,21,23). The van der Waals surface area contributed by atoms with E-state index < -0.39 is 34.3 Å². The summed E-state index contributed by atoms with van der Waals surface area (Å²) in [6, 6.07) is 8.96. The fourth-order valence-corrected chi connectivity index (χ4v) is 3.67. The van der Waals surface area contributed by atoms with Gasteiger partial charge in [-0.25, -0.2) is 17.6 Å². The van der Waals surface area contributed by atoms with Crippen LogP contribution in [0.3, 0.4) is 0 Å². The number of halogens is 1. The molecule has 0 unspecified atom stereocenters. The second-order valence-corrected chi connectivity index (χ2v) is 8.05. The number of nitrogens with one attached hydrogen (secondary N) is 2. The molecule has 2 aromatic carbocycles. The van der Waals surface area contributed by atoms with E-state index in [0.29, 0.717) is 5.56 Å². The topological polar surface area (TPSA) is 102 Å². The first-order valence-corrected chi connectivity index (χ1v) is 9.92. The van der Waals surface area contributed by atoms with Crippen LogP contribution in [0, 0.1) is 12.7 Å². The second kappa shape index (κ2) is 8.83. The second-order valence-electron chi connectivity index (χ2n) is 6.39. The van der Waals surface area contributed by atoms with Crippen molar-refractivity contribution in [3.05, 3.63) is 59.4 Å². The molecule has 9 heteroatoms. The van der Waals surface area contributed by atoms with Crippen molar-refractivity contribution in [2.75, 3.05) is 11.3 Å². The monoisotopic (exact) mass is 408 g/mol. The Morgan fingerprint density at radius 1 is 1.14 bits per heavy atom. The highest BCUT2D eigenvalue weighted by Gasteiger charge is 2.19. The Bertz CT molecular complexity index is 990. The summed E-state index contributed by atoms with van der Waals surface area (Å²) in [5.41, 5.74) is 0.541. The smallest absolute Gasteiger partial charge is 0.338 e. The maximum Gasteiger partial charge on any atom is 0.338 e. The van der Waals surface area contributed by atoms with Crippen LogP contribution in [-0.2, 0) is 19.6 Å². The number of rotatable bonds is 7. The number of esters is 1. The molecule has 0 aliphatic rings. The number of ether oxygens (including phenoxy) is 1. The van der Waals surface area contributed by atoms with E-state index in [4.69, 9.17) is 4.74 Å². The van der Waals surface area contributed by atoms with Crippen LogP contribution in [0.2, 0.25) is 0 Å². The van der Waals surface area contributed by atoms with Crippen molar-refractivity contribution >= 4 is 27.6 Å². The molecule has 0 spiro atoms. The van der Waals surface area contributed by atoms with Crippen LogP contribution in [0.4, 0.5) is 10.1 Å². The zero-order valence-corrected chi connectivity index (χ0v) is 16.5. The van der Waals surface area contributed by atoms with Crippen LogP contribution in [0.1, 0.15) is 29.8 Å². The van der Waals surface area contributed by atoms with Crippen LogP contribution >= 0.6 is 0 Å². The average molecular weight is 408 g/mol. The highest BCUT2D eigenvalue weighted by Crippen LogP contribution is 2.21.